The molecule has 0 aliphatic heterocycles. The molecule has 0 aliphatic rings. The molecule has 2 aromatic rings. The number of carbonyl (C=O) groups excluding carboxylic acids is 3. The maximum atomic E-state index is 13.2. The van der Waals surface area contributed by atoms with E-state index in [0.29, 0.717) is 16.9 Å². The van der Waals surface area contributed by atoms with Crippen molar-refractivity contribution in [3.8, 4) is 5.75 Å². The van der Waals surface area contributed by atoms with Crippen LogP contribution in [0.4, 0.5) is 4.39 Å². The number of amides is 2. The second kappa shape index (κ2) is 10.9. The number of para-hydroxylation sites is 1. The normalized spacial score (nSPS) is 12.4. The van der Waals surface area contributed by atoms with Crippen molar-refractivity contribution in [1.29, 1.82) is 0 Å². The van der Waals surface area contributed by atoms with Crippen LogP contribution in [-0.2, 0) is 32.0 Å². The van der Waals surface area contributed by atoms with Gasteiger partial charge >= 0.3 is 5.97 Å². The second-order valence-corrected chi connectivity index (χ2v) is 6.68. The Morgan fingerprint density at radius 1 is 0.933 bits per heavy atom. The molecule has 7 nitrogen and oxygen atoms in total. The fourth-order valence-electron chi connectivity index (χ4n) is 3.01. The third-order valence-electron chi connectivity index (χ3n) is 4.47. The summed E-state index contributed by atoms with van der Waals surface area (Å²) in [7, 11) is 2.74. The number of hydrogen-bond donors (Lipinski definition) is 2. The summed E-state index contributed by atoms with van der Waals surface area (Å²) in [4.78, 5) is 36.8. The molecular weight excluding hydrogens is 391 g/mol. The lowest BCUT2D eigenvalue weighted by Crippen LogP contribution is -2.53. The number of rotatable bonds is 9. The van der Waals surface area contributed by atoms with Crippen LogP contribution in [0.5, 0.6) is 5.75 Å². The summed E-state index contributed by atoms with van der Waals surface area (Å²) in [6, 6.07) is 10.8. The highest BCUT2D eigenvalue weighted by Gasteiger charge is 2.28. The molecule has 0 aliphatic carbocycles. The van der Waals surface area contributed by atoms with Crippen molar-refractivity contribution in [1.82, 2.24) is 10.6 Å². The average molecular weight is 416 g/mol. The molecule has 8 heteroatoms. The van der Waals surface area contributed by atoms with E-state index in [-0.39, 0.29) is 12.8 Å². The maximum absolute atomic E-state index is 13.2. The molecule has 2 rings (SSSR count). The van der Waals surface area contributed by atoms with Crippen LogP contribution in [0.25, 0.3) is 0 Å². The van der Waals surface area contributed by atoms with Crippen molar-refractivity contribution >= 4 is 17.8 Å². The van der Waals surface area contributed by atoms with Gasteiger partial charge in [0.15, 0.2) is 0 Å². The predicted molar refractivity (Wildman–Crippen MR) is 108 cm³/mol. The van der Waals surface area contributed by atoms with Gasteiger partial charge in [-0.1, -0.05) is 30.3 Å². The van der Waals surface area contributed by atoms with Crippen molar-refractivity contribution in [2.75, 3.05) is 14.2 Å². The van der Waals surface area contributed by atoms with Crippen LogP contribution in [0.1, 0.15) is 18.1 Å². The summed E-state index contributed by atoms with van der Waals surface area (Å²) < 4.78 is 23.3. The number of benzene rings is 2. The number of methoxy groups -OCH3 is 2. The average Bonchev–Trinajstić information content (AvgIpc) is 2.73. The minimum Gasteiger partial charge on any atom is -0.496 e. The first-order chi connectivity index (χ1) is 14.3. The van der Waals surface area contributed by atoms with Gasteiger partial charge in [0.25, 0.3) is 0 Å². The Morgan fingerprint density at radius 2 is 1.60 bits per heavy atom. The van der Waals surface area contributed by atoms with Gasteiger partial charge in [0.05, 0.1) is 14.2 Å². The van der Waals surface area contributed by atoms with E-state index in [9.17, 15) is 18.8 Å². The first kappa shape index (κ1) is 22.9. The largest absolute Gasteiger partial charge is 0.496 e. The standard InChI is InChI=1S/C22H25FN2O5/c1-14(26)24-18(12-15-8-10-17(23)11-9-15)21(27)25-19(22(28)30-3)13-16-6-4-5-7-20(16)29-2/h4-11,18-19H,12-13H2,1-3H3,(H,24,26)(H,25,27)/t18-,19+/m0/s1. The first-order valence-corrected chi connectivity index (χ1v) is 9.35. The fourth-order valence-corrected chi connectivity index (χ4v) is 3.01. The predicted octanol–water partition coefficient (Wildman–Crippen LogP) is 1.78. The number of ether oxygens (including phenoxy) is 2. The minimum absolute atomic E-state index is 0.133. The van der Waals surface area contributed by atoms with Crippen LogP contribution in [0.15, 0.2) is 48.5 Å². The molecular formula is C22H25FN2O5. The molecule has 2 atom stereocenters. The summed E-state index contributed by atoms with van der Waals surface area (Å²) in [5, 5.41) is 5.22. The lowest BCUT2D eigenvalue weighted by atomic mass is 10.0. The number of nitrogens with one attached hydrogen (secondary N) is 2. The van der Waals surface area contributed by atoms with E-state index in [1.165, 1.54) is 45.4 Å². The van der Waals surface area contributed by atoms with Crippen LogP contribution in [0, 0.1) is 5.82 Å². The third-order valence-corrected chi connectivity index (χ3v) is 4.47. The smallest absolute Gasteiger partial charge is 0.328 e. The van der Waals surface area contributed by atoms with E-state index >= 15 is 0 Å². The SMILES string of the molecule is COC(=O)[C@@H](Cc1ccccc1OC)NC(=O)[C@H](Cc1ccc(F)cc1)NC(C)=O. The third kappa shape index (κ3) is 6.58. The van der Waals surface area contributed by atoms with Gasteiger partial charge in [0.2, 0.25) is 11.8 Å². The monoisotopic (exact) mass is 416 g/mol. The van der Waals surface area contributed by atoms with Crippen LogP contribution in [-0.4, -0.2) is 44.1 Å². The Labute approximate surface area is 174 Å². The molecule has 0 bridgehead atoms. The van der Waals surface area contributed by atoms with E-state index in [1.54, 1.807) is 24.3 Å². The van der Waals surface area contributed by atoms with Gasteiger partial charge in [0.1, 0.15) is 23.7 Å². The Balaban J connectivity index is 2.19. The van der Waals surface area contributed by atoms with E-state index in [4.69, 9.17) is 9.47 Å². The molecule has 2 N–H and O–H groups in total. The highest BCUT2D eigenvalue weighted by molar-refractivity contribution is 5.90. The van der Waals surface area contributed by atoms with Gasteiger partial charge in [0, 0.05) is 19.8 Å². The molecule has 2 aromatic carbocycles. The minimum atomic E-state index is -0.983. The molecule has 2 amide bonds. The lowest BCUT2D eigenvalue weighted by Gasteiger charge is -2.22. The topological polar surface area (TPSA) is 93.7 Å². The Hall–Kier alpha value is -3.42. The Bertz CT molecular complexity index is 885. The van der Waals surface area contributed by atoms with Crippen molar-refractivity contribution in [2.45, 2.75) is 31.8 Å². The van der Waals surface area contributed by atoms with Gasteiger partial charge in [-0.3, -0.25) is 9.59 Å². The van der Waals surface area contributed by atoms with Crippen LogP contribution in [0.3, 0.4) is 0 Å². The summed E-state index contributed by atoms with van der Waals surface area (Å²) >= 11 is 0. The van der Waals surface area contributed by atoms with Gasteiger partial charge in [-0.25, -0.2) is 9.18 Å². The zero-order chi connectivity index (χ0) is 22.1. The van der Waals surface area contributed by atoms with E-state index in [2.05, 4.69) is 10.6 Å². The molecule has 0 fully saturated rings. The van der Waals surface area contributed by atoms with Gasteiger partial charge < -0.3 is 20.1 Å². The molecule has 30 heavy (non-hydrogen) atoms. The molecule has 0 saturated carbocycles. The second-order valence-electron chi connectivity index (χ2n) is 6.68. The van der Waals surface area contributed by atoms with Crippen LogP contribution < -0.4 is 15.4 Å². The first-order valence-electron chi connectivity index (χ1n) is 9.35. The highest BCUT2D eigenvalue weighted by atomic mass is 19.1. The quantitative estimate of drug-likeness (QED) is 0.608. The zero-order valence-electron chi connectivity index (χ0n) is 17.1. The number of hydrogen-bond acceptors (Lipinski definition) is 5. The van der Waals surface area contributed by atoms with E-state index in [0.717, 1.165) is 0 Å². The molecule has 0 unspecified atom stereocenters. The summed E-state index contributed by atoms with van der Waals surface area (Å²) in [5.41, 5.74) is 1.37. The summed E-state index contributed by atoms with van der Waals surface area (Å²) in [5.74, 6) is -1.42. The van der Waals surface area contributed by atoms with Crippen molar-refractivity contribution < 1.29 is 28.2 Å². The van der Waals surface area contributed by atoms with Crippen LogP contribution in [0.2, 0.25) is 0 Å². The molecule has 0 heterocycles. The zero-order valence-corrected chi connectivity index (χ0v) is 17.1. The number of halogens is 1. The highest BCUT2D eigenvalue weighted by Crippen LogP contribution is 2.19. The van der Waals surface area contributed by atoms with Gasteiger partial charge in [-0.2, -0.15) is 0 Å². The van der Waals surface area contributed by atoms with Gasteiger partial charge in [-0.15, -0.1) is 0 Å². The van der Waals surface area contributed by atoms with Crippen molar-refractivity contribution in [3.63, 3.8) is 0 Å². The molecule has 160 valence electrons. The Kier molecular flexibility index (Phi) is 8.34. The lowest BCUT2D eigenvalue weighted by molar-refractivity contribution is -0.145. The van der Waals surface area contributed by atoms with E-state index < -0.39 is 35.7 Å². The summed E-state index contributed by atoms with van der Waals surface area (Å²) in [6.45, 7) is 1.29. The molecule has 0 radical (unpaired) electrons. The van der Waals surface area contributed by atoms with E-state index in [1.807, 2.05) is 0 Å². The van der Waals surface area contributed by atoms with Crippen LogP contribution >= 0.6 is 0 Å². The molecule has 0 saturated heterocycles. The van der Waals surface area contributed by atoms with Gasteiger partial charge in [-0.05, 0) is 29.3 Å². The van der Waals surface area contributed by atoms with Crippen molar-refractivity contribution in [2.24, 2.45) is 0 Å². The fraction of sp³-hybridized carbons (Fsp3) is 0.318. The Morgan fingerprint density at radius 3 is 2.20 bits per heavy atom. The summed E-state index contributed by atoms with van der Waals surface area (Å²) in [6.07, 6.45) is 0.278. The number of carbonyl (C=O) groups is 3. The number of esters is 1. The van der Waals surface area contributed by atoms with Crippen molar-refractivity contribution in [3.05, 3.63) is 65.5 Å². The molecule has 0 aromatic heterocycles. The maximum Gasteiger partial charge on any atom is 0.328 e. The molecule has 0 spiro atoms.